The summed E-state index contributed by atoms with van der Waals surface area (Å²) in [7, 11) is -3.07. The molecule has 27 heavy (non-hydrogen) atoms. The topological polar surface area (TPSA) is 73.8 Å². The maximum Gasteiger partial charge on any atom is 0.211 e. The number of piperidine rings is 1. The fourth-order valence-corrected chi connectivity index (χ4v) is 4.09. The van der Waals surface area contributed by atoms with Crippen LogP contribution in [0.1, 0.15) is 25.3 Å². The summed E-state index contributed by atoms with van der Waals surface area (Å²) in [6, 6.07) is 7.87. The molecule has 1 fully saturated rings. The number of guanidine groups is 1. The number of nitrogens with one attached hydrogen (secondary N) is 2. The second-order valence-electron chi connectivity index (χ2n) is 6.63. The van der Waals surface area contributed by atoms with E-state index in [9.17, 15) is 8.42 Å². The van der Waals surface area contributed by atoms with Crippen LogP contribution in [0.4, 0.5) is 0 Å². The molecule has 0 unspecified atom stereocenters. The lowest BCUT2D eigenvalue weighted by atomic mass is 9.98. The van der Waals surface area contributed by atoms with Crippen molar-refractivity contribution in [3.05, 3.63) is 34.9 Å². The Kier molecular flexibility index (Phi) is 10.9. The summed E-state index contributed by atoms with van der Waals surface area (Å²) < 4.78 is 24.7. The SMILES string of the molecule is CCNC(=NCC1CCN(S(C)(=O)=O)CC1)NCCc1cccc(Cl)c1.I. The van der Waals surface area contributed by atoms with E-state index in [1.165, 1.54) is 11.8 Å². The van der Waals surface area contributed by atoms with Gasteiger partial charge in [-0.25, -0.2) is 12.7 Å². The molecule has 1 heterocycles. The molecule has 2 rings (SSSR count). The largest absolute Gasteiger partial charge is 0.357 e. The van der Waals surface area contributed by atoms with Crippen LogP contribution in [-0.2, 0) is 16.4 Å². The van der Waals surface area contributed by atoms with Crippen molar-refractivity contribution in [2.24, 2.45) is 10.9 Å². The van der Waals surface area contributed by atoms with Crippen molar-refractivity contribution in [2.45, 2.75) is 26.2 Å². The van der Waals surface area contributed by atoms with Crippen LogP contribution in [0.2, 0.25) is 5.02 Å². The van der Waals surface area contributed by atoms with Gasteiger partial charge in [-0.2, -0.15) is 0 Å². The van der Waals surface area contributed by atoms with Crippen molar-refractivity contribution in [1.82, 2.24) is 14.9 Å². The molecule has 0 aromatic heterocycles. The van der Waals surface area contributed by atoms with E-state index in [0.717, 1.165) is 43.3 Å². The van der Waals surface area contributed by atoms with Crippen LogP contribution in [-0.4, -0.2) is 57.7 Å². The van der Waals surface area contributed by atoms with Crippen molar-refractivity contribution in [2.75, 3.05) is 39.0 Å². The predicted octanol–water partition coefficient (Wildman–Crippen LogP) is 2.73. The third-order valence-electron chi connectivity index (χ3n) is 4.49. The van der Waals surface area contributed by atoms with Gasteiger partial charge in [0, 0.05) is 37.7 Å². The Morgan fingerprint density at radius 2 is 2.00 bits per heavy atom. The average molecular weight is 529 g/mol. The van der Waals surface area contributed by atoms with Gasteiger partial charge in [0.2, 0.25) is 10.0 Å². The van der Waals surface area contributed by atoms with E-state index in [4.69, 9.17) is 11.6 Å². The van der Waals surface area contributed by atoms with E-state index in [1.54, 1.807) is 4.31 Å². The van der Waals surface area contributed by atoms with E-state index >= 15 is 0 Å². The fraction of sp³-hybridized carbons (Fsp3) is 0.611. The molecule has 2 N–H and O–H groups in total. The fourth-order valence-electron chi connectivity index (χ4n) is 3.00. The quantitative estimate of drug-likeness (QED) is 0.324. The Balaban J connectivity index is 0.00000364. The first-order valence-corrected chi connectivity index (χ1v) is 11.3. The Morgan fingerprint density at radius 3 is 2.59 bits per heavy atom. The maximum absolute atomic E-state index is 11.6. The molecule has 1 aliphatic rings. The minimum atomic E-state index is -3.07. The Bertz CT molecular complexity index is 707. The molecule has 0 spiro atoms. The number of sulfonamides is 1. The van der Waals surface area contributed by atoms with Crippen LogP contribution < -0.4 is 10.6 Å². The van der Waals surface area contributed by atoms with Gasteiger partial charge in [-0.15, -0.1) is 24.0 Å². The number of nitrogens with zero attached hydrogens (tertiary/aromatic N) is 2. The molecule has 0 bridgehead atoms. The second-order valence-corrected chi connectivity index (χ2v) is 9.05. The van der Waals surface area contributed by atoms with Crippen molar-refractivity contribution in [3.63, 3.8) is 0 Å². The van der Waals surface area contributed by atoms with Gasteiger partial charge in [-0.1, -0.05) is 23.7 Å². The van der Waals surface area contributed by atoms with E-state index in [-0.39, 0.29) is 24.0 Å². The van der Waals surface area contributed by atoms with E-state index in [2.05, 4.69) is 21.7 Å². The number of rotatable bonds is 7. The summed E-state index contributed by atoms with van der Waals surface area (Å²) in [5.41, 5.74) is 1.19. The van der Waals surface area contributed by atoms with E-state index in [0.29, 0.717) is 25.6 Å². The summed E-state index contributed by atoms with van der Waals surface area (Å²) in [6.45, 7) is 5.52. The molecule has 0 atom stereocenters. The molecule has 1 aromatic carbocycles. The molecule has 9 heteroatoms. The highest BCUT2D eigenvalue weighted by Gasteiger charge is 2.24. The zero-order valence-electron chi connectivity index (χ0n) is 15.9. The highest BCUT2D eigenvalue weighted by Crippen LogP contribution is 2.19. The molecule has 154 valence electrons. The Morgan fingerprint density at radius 1 is 1.30 bits per heavy atom. The first-order chi connectivity index (χ1) is 12.4. The molecule has 1 aliphatic heterocycles. The number of hydrogen-bond donors (Lipinski definition) is 2. The van der Waals surface area contributed by atoms with Crippen LogP contribution in [0.25, 0.3) is 0 Å². The van der Waals surface area contributed by atoms with Gasteiger partial charge in [0.15, 0.2) is 5.96 Å². The third kappa shape index (κ3) is 8.97. The Hall–Kier alpha value is -0.580. The van der Waals surface area contributed by atoms with Crippen molar-refractivity contribution >= 4 is 51.6 Å². The van der Waals surface area contributed by atoms with Gasteiger partial charge in [-0.05, 0) is 49.8 Å². The minimum Gasteiger partial charge on any atom is -0.357 e. The van der Waals surface area contributed by atoms with Gasteiger partial charge in [0.1, 0.15) is 0 Å². The molecule has 1 aromatic rings. The highest BCUT2D eigenvalue weighted by atomic mass is 127. The number of hydrogen-bond acceptors (Lipinski definition) is 3. The Labute approximate surface area is 185 Å². The number of aliphatic imine (C=N–C) groups is 1. The second kappa shape index (κ2) is 12.1. The molecule has 6 nitrogen and oxygen atoms in total. The molecular formula is C18H30ClIN4O2S. The lowest BCUT2D eigenvalue weighted by molar-refractivity contribution is 0.280. The average Bonchev–Trinajstić information content (AvgIpc) is 2.59. The van der Waals surface area contributed by atoms with Crippen LogP contribution in [0.5, 0.6) is 0 Å². The molecule has 0 saturated carbocycles. The van der Waals surface area contributed by atoms with Crippen molar-refractivity contribution in [3.8, 4) is 0 Å². The highest BCUT2D eigenvalue weighted by molar-refractivity contribution is 14.0. The summed E-state index contributed by atoms with van der Waals surface area (Å²) in [5.74, 6) is 1.23. The first-order valence-electron chi connectivity index (χ1n) is 9.10. The van der Waals surface area contributed by atoms with Crippen LogP contribution in [0.15, 0.2) is 29.3 Å². The molecule has 0 amide bonds. The first kappa shape index (κ1) is 24.5. The number of benzene rings is 1. The number of halogens is 2. The summed E-state index contributed by atoms with van der Waals surface area (Å²) >= 11 is 6.01. The van der Waals surface area contributed by atoms with Gasteiger partial charge in [-0.3, -0.25) is 4.99 Å². The summed E-state index contributed by atoms with van der Waals surface area (Å²) in [5, 5.41) is 7.36. The predicted molar refractivity (Wildman–Crippen MR) is 124 cm³/mol. The van der Waals surface area contributed by atoms with E-state index < -0.39 is 10.0 Å². The standard InChI is InChI=1S/C18H29ClN4O2S.HI/c1-3-20-18(21-10-7-15-5-4-6-17(19)13-15)22-14-16-8-11-23(12-9-16)26(2,24)25;/h4-6,13,16H,3,7-12,14H2,1-2H3,(H2,20,21,22);1H. The van der Waals surface area contributed by atoms with Crippen molar-refractivity contribution in [1.29, 1.82) is 0 Å². The van der Waals surface area contributed by atoms with E-state index in [1.807, 2.05) is 25.1 Å². The summed E-state index contributed by atoms with van der Waals surface area (Å²) in [4.78, 5) is 4.67. The van der Waals surface area contributed by atoms with Crippen LogP contribution in [0.3, 0.4) is 0 Å². The van der Waals surface area contributed by atoms with Crippen LogP contribution >= 0.6 is 35.6 Å². The zero-order valence-corrected chi connectivity index (χ0v) is 19.9. The molecule has 0 radical (unpaired) electrons. The normalized spacial score (nSPS) is 16.6. The molecule has 1 saturated heterocycles. The third-order valence-corrected chi connectivity index (χ3v) is 6.03. The van der Waals surface area contributed by atoms with Gasteiger partial charge < -0.3 is 10.6 Å². The molecular weight excluding hydrogens is 499 g/mol. The van der Waals surface area contributed by atoms with Gasteiger partial charge in [0.25, 0.3) is 0 Å². The smallest absolute Gasteiger partial charge is 0.211 e. The monoisotopic (exact) mass is 528 g/mol. The zero-order chi connectivity index (χ0) is 19.0. The van der Waals surface area contributed by atoms with Gasteiger partial charge in [0.05, 0.1) is 6.26 Å². The lowest BCUT2D eigenvalue weighted by Crippen LogP contribution is -2.40. The van der Waals surface area contributed by atoms with Crippen LogP contribution in [0, 0.1) is 5.92 Å². The van der Waals surface area contributed by atoms with Crippen molar-refractivity contribution < 1.29 is 8.42 Å². The van der Waals surface area contributed by atoms with Gasteiger partial charge >= 0.3 is 0 Å². The minimum absolute atomic E-state index is 0. The summed E-state index contributed by atoms with van der Waals surface area (Å²) in [6.07, 6.45) is 3.87. The maximum atomic E-state index is 11.6. The lowest BCUT2D eigenvalue weighted by Gasteiger charge is -2.29. The molecule has 0 aliphatic carbocycles.